The molecule has 126 valence electrons. The Morgan fingerprint density at radius 2 is 2.00 bits per heavy atom. The van der Waals surface area contributed by atoms with Gasteiger partial charge in [-0.15, -0.1) is 6.58 Å². The molecule has 0 unspecified atom stereocenters. The van der Waals surface area contributed by atoms with E-state index in [-0.39, 0.29) is 5.91 Å². The van der Waals surface area contributed by atoms with E-state index in [1.54, 1.807) is 31.5 Å². The standard InChI is InChI=1S/C18H21N3O3/c1-3-9-19-17-13-14(8-10-20-17)18(22)21-11-12-24-16-6-4-15(23-2)5-7-16/h3-8,10,13H,1,9,11-12H2,2H3,(H,19,20)(H,21,22). The van der Waals surface area contributed by atoms with Gasteiger partial charge in [0.1, 0.15) is 23.9 Å². The highest BCUT2D eigenvalue weighted by Crippen LogP contribution is 2.16. The molecular formula is C18H21N3O3. The summed E-state index contributed by atoms with van der Waals surface area (Å²) in [6, 6.07) is 10.6. The van der Waals surface area contributed by atoms with Crippen LogP contribution < -0.4 is 20.1 Å². The van der Waals surface area contributed by atoms with Crippen LogP contribution in [0.2, 0.25) is 0 Å². The van der Waals surface area contributed by atoms with Gasteiger partial charge in [0.15, 0.2) is 0 Å². The molecule has 0 fully saturated rings. The fourth-order valence-corrected chi connectivity index (χ4v) is 1.95. The summed E-state index contributed by atoms with van der Waals surface area (Å²) < 4.78 is 10.6. The number of aromatic nitrogens is 1. The molecule has 0 radical (unpaired) electrons. The van der Waals surface area contributed by atoms with Gasteiger partial charge in [0.05, 0.1) is 13.7 Å². The van der Waals surface area contributed by atoms with E-state index in [1.165, 1.54) is 0 Å². The lowest BCUT2D eigenvalue weighted by Crippen LogP contribution is -2.28. The molecule has 0 aliphatic rings. The van der Waals surface area contributed by atoms with Gasteiger partial charge in [-0.2, -0.15) is 0 Å². The Morgan fingerprint density at radius 1 is 1.25 bits per heavy atom. The molecule has 6 nitrogen and oxygen atoms in total. The van der Waals surface area contributed by atoms with Crippen LogP contribution in [0.15, 0.2) is 55.3 Å². The summed E-state index contributed by atoms with van der Waals surface area (Å²) in [6.45, 7) is 5.00. The molecule has 0 aliphatic heterocycles. The molecule has 0 aliphatic carbocycles. The van der Waals surface area contributed by atoms with Crippen molar-refractivity contribution in [1.82, 2.24) is 10.3 Å². The lowest BCUT2D eigenvalue weighted by Gasteiger charge is -2.09. The van der Waals surface area contributed by atoms with Crippen molar-refractivity contribution >= 4 is 11.7 Å². The first-order chi connectivity index (χ1) is 11.7. The summed E-state index contributed by atoms with van der Waals surface area (Å²) in [5.74, 6) is 1.97. The number of pyridine rings is 1. The average molecular weight is 327 g/mol. The number of nitrogens with one attached hydrogen (secondary N) is 2. The third-order valence-electron chi connectivity index (χ3n) is 3.17. The zero-order valence-corrected chi connectivity index (χ0v) is 13.6. The molecule has 2 N–H and O–H groups in total. The summed E-state index contributed by atoms with van der Waals surface area (Å²) in [5, 5.41) is 5.85. The quantitative estimate of drug-likeness (QED) is 0.547. The first-order valence-corrected chi connectivity index (χ1v) is 7.59. The zero-order chi connectivity index (χ0) is 17.2. The van der Waals surface area contributed by atoms with Crippen molar-refractivity contribution in [2.24, 2.45) is 0 Å². The SMILES string of the molecule is C=CCNc1cc(C(=O)NCCOc2ccc(OC)cc2)ccn1. The van der Waals surface area contributed by atoms with E-state index in [2.05, 4.69) is 22.2 Å². The fraction of sp³-hybridized carbons (Fsp3) is 0.222. The minimum atomic E-state index is -0.169. The number of anilines is 1. The smallest absolute Gasteiger partial charge is 0.251 e. The lowest BCUT2D eigenvalue weighted by molar-refractivity contribution is 0.0947. The molecule has 1 aromatic carbocycles. The molecule has 1 amide bonds. The van der Waals surface area contributed by atoms with Crippen LogP contribution in [0.1, 0.15) is 10.4 Å². The Balaban J connectivity index is 1.77. The van der Waals surface area contributed by atoms with E-state index in [0.717, 1.165) is 11.5 Å². The molecule has 2 aromatic rings. The number of hydrogen-bond donors (Lipinski definition) is 2. The van der Waals surface area contributed by atoms with Crippen molar-refractivity contribution in [3.05, 3.63) is 60.8 Å². The number of rotatable bonds is 9. The summed E-state index contributed by atoms with van der Waals surface area (Å²) in [6.07, 6.45) is 3.32. The Bertz CT molecular complexity index is 671. The zero-order valence-electron chi connectivity index (χ0n) is 13.6. The molecule has 2 rings (SSSR count). The maximum atomic E-state index is 12.1. The molecule has 0 saturated heterocycles. The van der Waals surface area contributed by atoms with Gasteiger partial charge in [-0.3, -0.25) is 4.79 Å². The van der Waals surface area contributed by atoms with Crippen LogP contribution in [0.3, 0.4) is 0 Å². The third-order valence-corrected chi connectivity index (χ3v) is 3.17. The molecule has 0 saturated carbocycles. The number of benzene rings is 1. The normalized spacial score (nSPS) is 9.88. The molecule has 1 aromatic heterocycles. The molecule has 0 bridgehead atoms. The summed E-state index contributed by atoms with van der Waals surface area (Å²) in [7, 11) is 1.61. The van der Waals surface area contributed by atoms with Gasteiger partial charge in [-0.05, 0) is 36.4 Å². The Morgan fingerprint density at radius 3 is 2.71 bits per heavy atom. The summed E-state index contributed by atoms with van der Waals surface area (Å²) >= 11 is 0. The van der Waals surface area contributed by atoms with E-state index in [0.29, 0.717) is 31.1 Å². The number of ether oxygens (including phenoxy) is 2. The van der Waals surface area contributed by atoms with E-state index in [9.17, 15) is 4.79 Å². The fourth-order valence-electron chi connectivity index (χ4n) is 1.95. The number of carbonyl (C=O) groups excluding carboxylic acids is 1. The number of amides is 1. The van der Waals surface area contributed by atoms with E-state index < -0.39 is 0 Å². The Labute approximate surface area is 141 Å². The molecule has 0 atom stereocenters. The van der Waals surface area contributed by atoms with E-state index in [1.807, 2.05) is 24.3 Å². The van der Waals surface area contributed by atoms with Gasteiger partial charge in [0.2, 0.25) is 0 Å². The van der Waals surface area contributed by atoms with E-state index >= 15 is 0 Å². The summed E-state index contributed by atoms with van der Waals surface area (Å²) in [4.78, 5) is 16.2. The van der Waals surface area contributed by atoms with Crippen molar-refractivity contribution in [3.8, 4) is 11.5 Å². The lowest BCUT2D eigenvalue weighted by atomic mass is 10.2. The largest absolute Gasteiger partial charge is 0.497 e. The van der Waals surface area contributed by atoms with Gasteiger partial charge >= 0.3 is 0 Å². The topological polar surface area (TPSA) is 72.5 Å². The van der Waals surface area contributed by atoms with Crippen LogP contribution in [0.5, 0.6) is 11.5 Å². The number of carbonyl (C=O) groups is 1. The van der Waals surface area contributed by atoms with Crippen LogP contribution in [0.25, 0.3) is 0 Å². The number of hydrogen-bond acceptors (Lipinski definition) is 5. The Hall–Kier alpha value is -3.02. The predicted octanol–water partition coefficient (Wildman–Crippen LogP) is 2.50. The second kappa shape index (κ2) is 9.19. The highest BCUT2D eigenvalue weighted by molar-refractivity contribution is 5.94. The van der Waals surface area contributed by atoms with Crippen molar-refractivity contribution in [2.45, 2.75) is 0 Å². The Kier molecular flexibility index (Phi) is 6.64. The second-order valence-electron chi connectivity index (χ2n) is 4.88. The van der Waals surface area contributed by atoms with Crippen LogP contribution in [0, 0.1) is 0 Å². The minimum absolute atomic E-state index is 0.169. The summed E-state index contributed by atoms with van der Waals surface area (Å²) in [5.41, 5.74) is 0.543. The molecule has 6 heteroatoms. The van der Waals surface area contributed by atoms with Gasteiger partial charge < -0.3 is 20.1 Å². The van der Waals surface area contributed by atoms with Crippen molar-refractivity contribution < 1.29 is 14.3 Å². The second-order valence-corrected chi connectivity index (χ2v) is 4.88. The highest BCUT2D eigenvalue weighted by atomic mass is 16.5. The van der Waals surface area contributed by atoms with Crippen molar-refractivity contribution in [1.29, 1.82) is 0 Å². The monoisotopic (exact) mass is 327 g/mol. The van der Waals surface area contributed by atoms with Crippen LogP contribution in [0.4, 0.5) is 5.82 Å². The average Bonchev–Trinajstić information content (AvgIpc) is 2.64. The van der Waals surface area contributed by atoms with Crippen LogP contribution >= 0.6 is 0 Å². The van der Waals surface area contributed by atoms with Gasteiger partial charge in [0.25, 0.3) is 5.91 Å². The number of methoxy groups -OCH3 is 1. The van der Waals surface area contributed by atoms with Crippen LogP contribution in [-0.2, 0) is 0 Å². The van der Waals surface area contributed by atoms with Crippen molar-refractivity contribution in [3.63, 3.8) is 0 Å². The molecule has 0 spiro atoms. The first kappa shape index (κ1) is 17.3. The maximum Gasteiger partial charge on any atom is 0.251 e. The van der Waals surface area contributed by atoms with Gasteiger partial charge in [-0.25, -0.2) is 4.98 Å². The van der Waals surface area contributed by atoms with Crippen LogP contribution in [-0.4, -0.2) is 37.7 Å². The predicted molar refractivity (Wildman–Crippen MR) is 93.7 cm³/mol. The van der Waals surface area contributed by atoms with Crippen molar-refractivity contribution in [2.75, 3.05) is 32.1 Å². The minimum Gasteiger partial charge on any atom is -0.497 e. The molecule has 1 heterocycles. The van der Waals surface area contributed by atoms with Gasteiger partial charge in [-0.1, -0.05) is 6.08 Å². The third kappa shape index (κ3) is 5.31. The number of nitrogens with zero attached hydrogens (tertiary/aromatic N) is 1. The van der Waals surface area contributed by atoms with Gasteiger partial charge in [0, 0.05) is 18.3 Å². The first-order valence-electron chi connectivity index (χ1n) is 7.59. The molecule has 24 heavy (non-hydrogen) atoms. The van der Waals surface area contributed by atoms with E-state index in [4.69, 9.17) is 9.47 Å². The maximum absolute atomic E-state index is 12.1. The highest BCUT2D eigenvalue weighted by Gasteiger charge is 2.06. The molecular weight excluding hydrogens is 306 g/mol.